The Morgan fingerprint density at radius 3 is 2.78 bits per heavy atom. The second kappa shape index (κ2) is 4.82. The predicted molar refractivity (Wildman–Crippen MR) is 74.1 cm³/mol. The molecular weight excluding hydrogens is 228 g/mol. The maximum Gasteiger partial charge on any atom is 0.257 e. The topological polar surface area (TPSA) is 54.1 Å². The average Bonchev–Trinajstić information content (AvgIpc) is 2.28. The van der Waals surface area contributed by atoms with Gasteiger partial charge in [-0.1, -0.05) is 18.2 Å². The molecule has 0 saturated carbocycles. The molecule has 2 aromatic rings. The van der Waals surface area contributed by atoms with Crippen LogP contribution in [0, 0.1) is 0 Å². The summed E-state index contributed by atoms with van der Waals surface area (Å²) < 4.78 is 5.14. The van der Waals surface area contributed by atoms with Crippen LogP contribution in [0.1, 0.15) is 13.8 Å². The van der Waals surface area contributed by atoms with Crippen LogP contribution >= 0.6 is 0 Å². The van der Waals surface area contributed by atoms with E-state index >= 15 is 0 Å². The summed E-state index contributed by atoms with van der Waals surface area (Å²) >= 11 is 0. The minimum atomic E-state index is -0.236. The molecule has 0 amide bonds. The summed E-state index contributed by atoms with van der Waals surface area (Å²) in [6.07, 6.45) is 0. The van der Waals surface area contributed by atoms with Crippen LogP contribution in [-0.2, 0) is 4.74 Å². The van der Waals surface area contributed by atoms with Gasteiger partial charge in [-0.05, 0) is 31.4 Å². The van der Waals surface area contributed by atoms with E-state index in [-0.39, 0.29) is 11.1 Å². The first-order chi connectivity index (χ1) is 8.52. The van der Waals surface area contributed by atoms with E-state index < -0.39 is 0 Å². The number of aromatic amines is 1. The van der Waals surface area contributed by atoms with Crippen LogP contribution in [0.3, 0.4) is 0 Å². The molecule has 0 aliphatic rings. The molecule has 1 aromatic carbocycles. The van der Waals surface area contributed by atoms with Crippen LogP contribution in [0.2, 0.25) is 0 Å². The predicted octanol–water partition coefficient (Wildman–Crippen LogP) is 2.37. The molecule has 0 saturated heterocycles. The molecule has 96 valence electrons. The SMILES string of the molecule is COCC(C)(C)Nc1cc2ccccc2c(=O)[nH]1. The van der Waals surface area contributed by atoms with E-state index in [2.05, 4.69) is 10.3 Å². The Balaban J connectivity index is 2.38. The largest absolute Gasteiger partial charge is 0.382 e. The molecule has 0 atom stereocenters. The lowest BCUT2D eigenvalue weighted by Crippen LogP contribution is -2.36. The third kappa shape index (κ3) is 2.71. The number of ether oxygens (including phenoxy) is 1. The number of benzene rings is 1. The van der Waals surface area contributed by atoms with Crippen molar-refractivity contribution in [3.05, 3.63) is 40.7 Å². The highest BCUT2D eigenvalue weighted by molar-refractivity contribution is 5.83. The summed E-state index contributed by atoms with van der Waals surface area (Å²) in [6, 6.07) is 9.47. The summed E-state index contributed by atoms with van der Waals surface area (Å²) in [5.41, 5.74) is -0.316. The second-order valence-electron chi connectivity index (χ2n) is 5.04. The van der Waals surface area contributed by atoms with Crippen LogP contribution in [-0.4, -0.2) is 24.2 Å². The van der Waals surface area contributed by atoms with Crippen LogP contribution in [0.4, 0.5) is 5.82 Å². The van der Waals surface area contributed by atoms with Crippen LogP contribution < -0.4 is 10.9 Å². The van der Waals surface area contributed by atoms with Gasteiger partial charge < -0.3 is 15.0 Å². The zero-order valence-corrected chi connectivity index (χ0v) is 10.9. The lowest BCUT2D eigenvalue weighted by atomic mass is 10.1. The van der Waals surface area contributed by atoms with Gasteiger partial charge in [-0.3, -0.25) is 4.79 Å². The van der Waals surface area contributed by atoms with Crippen molar-refractivity contribution in [3.8, 4) is 0 Å². The van der Waals surface area contributed by atoms with Crippen molar-refractivity contribution in [2.45, 2.75) is 19.4 Å². The maximum absolute atomic E-state index is 11.9. The van der Waals surface area contributed by atoms with Gasteiger partial charge in [0.25, 0.3) is 5.56 Å². The summed E-state index contributed by atoms with van der Waals surface area (Å²) in [6.45, 7) is 4.59. The van der Waals surface area contributed by atoms with Crippen molar-refractivity contribution in [2.24, 2.45) is 0 Å². The molecule has 0 radical (unpaired) electrons. The lowest BCUT2D eigenvalue weighted by Gasteiger charge is -2.26. The van der Waals surface area contributed by atoms with Gasteiger partial charge in [-0.25, -0.2) is 0 Å². The molecule has 4 heteroatoms. The molecule has 2 N–H and O–H groups in total. The summed E-state index contributed by atoms with van der Waals surface area (Å²) in [4.78, 5) is 14.8. The minimum absolute atomic E-state index is 0.0798. The van der Waals surface area contributed by atoms with Gasteiger partial charge in [0.1, 0.15) is 5.82 Å². The molecule has 0 spiro atoms. The average molecular weight is 246 g/mol. The van der Waals surface area contributed by atoms with E-state index in [9.17, 15) is 4.79 Å². The number of methoxy groups -OCH3 is 1. The molecule has 1 aromatic heterocycles. The Kier molecular flexibility index (Phi) is 3.39. The fourth-order valence-electron chi connectivity index (χ4n) is 2.04. The number of aromatic nitrogens is 1. The van der Waals surface area contributed by atoms with Crippen molar-refractivity contribution in [2.75, 3.05) is 19.0 Å². The van der Waals surface area contributed by atoms with Crippen LogP contribution in [0.5, 0.6) is 0 Å². The molecule has 4 nitrogen and oxygen atoms in total. The highest BCUT2D eigenvalue weighted by Gasteiger charge is 2.17. The Bertz CT molecular complexity index is 602. The Hall–Kier alpha value is -1.81. The third-order valence-corrected chi connectivity index (χ3v) is 2.73. The van der Waals surface area contributed by atoms with Crippen molar-refractivity contribution in [3.63, 3.8) is 0 Å². The number of H-pyrrole nitrogens is 1. The normalized spacial score (nSPS) is 11.7. The Morgan fingerprint density at radius 2 is 2.06 bits per heavy atom. The van der Waals surface area contributed by atoms with Gasteiger partial charge in [0.05, 0.1) is 12.1 Å². The molecule has 0 unspecified atom stereocenters. The summed E-state index contributed by atoms with van der Waals surface area (Å²) in [5, 5.41) is 4.90. The van der Waals surface area contributed by atoms with E-state index in [4.69, 9.17) is 4.74 Å². The van der Waals surface area contributed by atoms with E-state index in [1.807, 2.05) is 44.2 Å². The van der Waals surface area contributed by atoms with Gasteiger partial charge in [0.2, 0.25) is 0 Å². The van der Waals surface area contributed by atoms with Crippen molar-refractivity contribution < 1.29 is 4.74 Å². The smallest absolute Gasteiger partial charge is 0.257 e. The number of anilines is 1. The van der Waals surface area contributed by atoms with Crippen molar-refractivity contribution in [1.29, 1.82) is 0 Å². The first-order valence-corrected chi connectivity index (χ1v) is 5.91. The number of rotatable bonds is 4. The zero-order chi connectivity index (χ0) is 13.2. The van der Waals surface area contributed by atoms with Crippen LogP contribution in [0.25, 0.3) is 10.8 Å². The molecule has 18 heavy (non-hydrogen) atoms. The number of fused-ring (bicyclic) bond motifs is 1. The van der Waals surface area contributed by atoms with Crippen molar-refractivity contribution >= 4 is 16.6 Å². The molecular formula is C14H18N2O2. The number of hydrogen-bond acceptors (Lipinski definition) is 3. The van der Waals surface area contributed by atoms with Crippen molar-refractivity contribution in [1.82, 2.24) is 4.98 Å². The summed E-state index contributed by atoms with van der Waals surface area (Å²) in [5.74, 6) is 0.709. The quantitative estimate of drug-likeness (QED) is 0.870. The fourth-order valence-corrected chi connectivity index (χ4v) is 2.04. The van der Waals surface area contributed by atoms with Gasteiger partial charge in [0.15, 0.2) is 0 Å². The van der Waals surface area contributed by atoms with E-state index in [0.717, 1.165) is 5.39 Å². The van der Waals surface area contributed by atoms with E-state index in [1.165, 1.54) is 0 Å². The first kappa shape index (κ1) is 12.6. The monoisotopic (exact) mass is 246 g/mol. The zero-order valence-electron chi connectivity index (χ0n) is 10.9. The molecule has 2 rings (SSSR count). The van der Waals surface area contributed by atoms with Gasteiger partial charge >= 0.3 is 0 Å². The molecule has 0 fully saturated rings. The molecule has 0 bridgehead atoms. The Morgan fingerprint density at radius 1 is 1.33 bits per heavy atom. The highest BCUT2D eigenvalue weighted by atomic mass is 16.5. The van der Waals surface area contributed by atoms with E-state index in [0.29, 0.717) is 17.8 Å². The summed E-state index contributed by atoms with van der Waals surface area (Å²) in [7, 11) is 1.66. The number of nitrogens with one attached hydrogen (secondary N) is 2. The highest BCUT2D eigenvalue weighted by Crippen LogP contribution is 2.16. The number of pyridine rings is 1. The maximum atomic E-state index is 11.9. The van der Waals surface area contributed by atoms with E-state index in [1.54, 1.807) is 7.11 Å². The van der Waals surface area contributed by atoms with Crippen LogP contribution in [0.15, 0.2) is 35.1 Å². The Labute approximate surface area is 106 Å². The standard InChI is InChI=1S/C14H18N2O2/c1-14(2,9-18-3)16-12-8-10-6-4-5-7-11(10)13(17)15-12/h4-8H,9H2,1-3H3,(H2,15,16,17). The van der Waals surface area contributed by atoms with Gasteiger partial charge in [-0.2, -0.15) is 0 Å². The van der Waals surface area contributed by atoms with Gasteiger partial charge in [-0.15, -0.1) is 0 Å². The first-order valence-electron chi connectivity index (χ1n) is 5.91. The molecule has 0 aliphatic heterocycles. The number of hydrogen-bond donors (Lipinski definition) is 2. The molecule has 0 aliphatic carbocycles. The third-order valence-electron chi connectivity index (χ3n) is 2.73. The minimum Gasteiger partial charge on any atom is -0.382 e. The fraction of sp³-hybridized carbons (Fsp3) is 0.357. The second-order valence-corrected chi connectivity index (χ2v) is 5.04. The van der Waals surface area contributed by atoms with Gasteiger partial charge in [0, 0.05) is 12.5 Å². The lowest BCUT2D eigenvalue weighted by molar-refractivity contribution is 0.158. The molecule has 1 heterocycles.